The van der Waals surface area contributed by atoms with Crippen LogP contribution >= 0.6 is 0 Å². The summed E-state index contributed by atoms with van der Waals surface area (Å²) in [5.41, 5.74) is 0.671. The van der Waals surface area contributed by atoms with E-state index in [0.717, 1.165) is 6.20 Å². The van der Waals surface area contributed by atoms with E-state index in [1.165, 1.54) is 12.1 Å². The predicted molar refractivity (Wildman–Crippen MR) is 117 cm³/mol. The smallest absolute Gasteiger partial charge is 0.162 e. The van der Waals surface area contributed by atoms with E-state index in [4.69, 9.17) is 5.26 Å². The zero-order valence-corrected chi connectivity index (χ0v) is 17.8. The Morgan fingerprint density at radius 1 is 1.55 bits per heavy atom. The third-order valence-corrected chi connectivity index (χ3v) is 5.44. The molecule has 0 saturated heterocycles. The minimum Gasteiger partial charge on any atom is -0.389 e. The summed E-state index contributed by atoms with van der Waals surface area (Å²) >= 11 is 0. The molecule has 1 aliphatic carbocycles. The van der Waals surface area contributed by atoms with Crippen molar-refractivity contribution < 1.29 is 13.9 Å². The van der Waals surface area contributed by atoms with E-state index in [1.807, 2.05) is 19.1 Å². The number of halogens is 2. The van der Waals surface area contributed by atoms with Crippen molar-refractivity contribution in [1.29, 1.82) is 5.26 Å². The Morgan fingerprint density at radius 2 is 2.35 bits per heavy atom. The van der Waals surface area contributed by atoms with Crippen molar-refractivity contribution in [3.05, 3.63) is 47.8 Å². The van der Waals surface area contributed by atoms with E-state index >= 15 is 0 Å². The molecule has 8 heteroatoms. The third kappa shape index (κ3) is 5.36. The molecular formula is C23H27F2N5O. The maximum absolute atomic E-state index is 14.8. The lowest BCUT2D eigenvalue weighted by atomic mass is 9.80. The fourth-order valence-corrected chi connectivity index (χ4v) is 3.96. The standard InChI is InChI=1S/C23H27F2N5O/c1-3-6-20(18-14-28-21-17(18)11-15(24)13-27-21)30-22(19(25)4-2)29-16-7-5-8-23(31,12-16)9-10-26/h4,6,11,13-14,16,31H,3,5,7-9,12H2,1-2H3,(H,27,28)(H,29,30)/b19-4+,20-6?. The second-order valence-corrected chi connectivity index (χ2v) is 7.83. The fourth-order valence-electron chi connectivity index (χ4n) is 3.96. The molecule has 2 aromatic heterocycles. The van der Waals surface area contributed by atoms with Crippen LogP contribution in [0.15, 0.2) is 41.4 Å². The van der Waals surface area contributed by atoms with Crippen molar-refractivity contribution in [2.75, 3.05) is 0 Å². The summed E-state index contributed by atoms with van der Waals surface area (Å²) < 4.78 is 28.5. The Labute approximate surface area is 180 Å². The minimum absolute atomic E-state index is 0.0305. The molecule has 0 radical (unpaired) electrons. The van der Waals surface area contributed by atoms with Gasteiger partial charge in [0.15, 0.2) is 11.7 Å². The topological polar surface area (TPSA) is 97.1 Å². The lowest BCUT2D eigenvalue weighted by Crippen LogP contribution is -2.37. The minimum atomic E-state index is -1.10. The Morgan fingerprint density at radius 3 is 3.06 bits per heavy atom. The number of pyridine rings is 1. The number of hydrogen-bond acceptors (Lipinski definition) is 4. The number of aliphatic hydroxyl groups is 1. The molecular weight excluding hydrogens is 400 g/mol. The van der Waals surface area contributed by atoms with E-state index in [2.05, 4.69) is 20.3 Å². The first-order chi connectivity index (χ1) is 14.9. The third-order valence-electron chi connectivity index (χ3n) is 5.44. The molecule has 164 valence electrons. The van der Waals surface area contributed by atoms with Crippen molar-refractivity contribution in [3.63, 3.8) is 0 Å². The van der Waals surface area contributed by atoms with Crippen molar-refractivity contribution in [1.82, 2.24) is 15.3 Å². The van der Waals surface area contributed by atoms with Gasteiger partial charge in [-0.05, 0) is 51.2 Å². The summed E-state index contributed by atoms with van der Waals surface area (Å²) in [4.78, 5) is 11.6. The predicted octanol–water partition coefficient (Wildman–Crippen LogP) is 4.90. The lowest BCUT2D eigenvalue weighted by molar-refractivity contribution is 0.00233. The van der Waals surface area contributed by atoms with Crippen LogP contribution in [0.25, 0.3) is 16.7 Å². The number of nitrogens with zero attached hydrogens (tertiary/aromatic N) is 3. The molecule has 31 heavy (non-hydrogen) atoms. The second-order valence-electron chi connectivity index (χ2n) is 7.83. The molecule has 2 unspecified atom stereocenters. The molecule has 1 aliphatic rings. The molecule has 0 amide bonds. The van der Waals surface area contributed by atoms with Gasteiger partial charge in [-0.25, -0.2) is 13.8 Å². The Kier molecular flexibility index (Phi) is 7.18. The molecule has 0 bridgehead atoms. The molecule has 0 aliphatic heterocycles. The van der Waals surface area contributed by atoms with Crippen LogP contribution in [0.4, 0.5) is 8.78 Å². The molecule has 2 heterocycles. The number of rotatable bonds is 6. The van der Waals surface area contributed by atoms with Gasteiger partial charge in [-0.3, -0.25) is 4.99 Å². The highest BCUT2D eigenvalue weighted by Gasteiger charge is 2.34. The summed E-state index contributed by atoms with van der Waals surface area (Å²) in [6, 6.07) is 3.09. The maximum atomic E-state index is 14.8. The molecule has 0 spiro atoms. The van der Waals surface area contributed by atoms with Gasteiger partial charge in [0.25, 0.3) is 0 Å². The normalized spacial score (nSPS) is 23.1. The average Bonchev–Trinajstić information content (AvgIpc) is 3.15. The number of hydrogen-bond donors (Lipinski definition) is 3. The van der Waals surface area contributed by atoms with Gasteiger partial charge in [-0.2, -0.15) is 5.26 Å². The van der Waals surface area contributed by atoms with Crippen LogP contribution in [-0.2, 0) is 0 Å². The van der Waals surface area contributed by atoms with Crippen molar-refractivity contribution >= 4 is 22.6 Å². The van der Waals surface area contributed by atoms with Crippen LogP contribution in [0, 0.1) is 17.1 Å². The Hall–Kier alpha value is -3.05. The number of amidine groups is 1. The van der Waals surface area contributed by atoms with Gasteiger partial charge in [0, 0.05) is 22.8 Å². The molecule has 6 nitrogen and oxygen atoms in total. The van der Waals surface area contributed by atoms with Crippen molar-refractivity contribution in [2.45, 2.75) is 64.0 Å². The number of H-pyrrole nitrogens is 1. The number of nitrogens with one attached hydrogen (secondary N) is 2. The Bertz CT molecular complexity index is 1070. The highest BCUT2D eigenvalue weighted by atomic mass is 19.1. The molecule has 1 saturated carbocycles. The van der Waals surface area contributed by atoms with Crippen molar-refractivity contribution in [2.24, 2.45) is 4.99 Å². The van der Waals surface area contributed by atoms with E-state index in [-0.39, 0.29) is 18.3 Å². The number of aliphatic imine (C=N–C) groups is 1. The van der Waals surface area contributed by atoms with E-state index < -0.39 is 17.2 Å². The molecule has 0 aromatic carbocycles. The van der Waals surface area contributed by atoms with Crippen molar-refractivity contribution in [3.8, 4) is 6.07 Å². The first kappa shape index (κ1) is 22.6. The van der Waals surface area contributed by atoms with Gasteiger partial charge >= 0.3 is 0 Å². The molecule has 1 fully saturated rings. The molecule has 2 aromatic rings. The van der Waals surface area contributed by atoms with Crippen LogP contribution in [0.2, 0.25) is 0 Å². The summed E-state index contributed by atoms with van der Waals surface area (Å²) in [6.45, 7) is 3.52. The number of aromatic amines is 1. The van der Waals surface area contributed by atoms with Gasteiger partial charge in [0.05, 0.1) is 30.3 Å². The van der Waals surface area contributed by atoms with Gasteiger partial charge in [-0.15, -0.1) is 0 Å². The largest absolute Gasteiger partial charge is 0.389 e. The van der Waals surface area contributed by atoms with Crippen LogP contribution in [0.1, 0.15) is 57.9 Å². The first-order valence-corrected chi connectivity index (χ1v) is 10.5. The lowest BCUT2D eigenvalue weighted by Gasteiger charge is -2.33. The van der Waals surface area contributed by atoms with Gasteiger partial charge in [-0.1, -0.05) is 13.0 Å². The van der Waals surface area contributed by atoms with E-state index in [0.29, 0.717) is 54.4 Å². The fraction of sp³-hybridized carbons (Fsp3) is 0.435. The van der Waals surface area contributed by atoms with Crippen LogP contribution < -0.4 is 5.32 Å². The molecule has 2 atom stereocenters. The van der Waals surface area contributed by atoms with Crippen LogP contribution in [-0.4, -0.2) is 32.6 Å². The van der Waals surface area contributed by atoms with E-state index in [1.54, 1.807) is 13.1 Å². The van der Waals surface area contributed by atoms with Crippen LogP contribution in [0.5, 0.6) is 0 Å². The highest BCUT2D eigenvalue weighted by Crippen LogP contribution is 2.33. The van der Waals surface area contributed by atoms with Crippen LogP contribution in [0.3, 0.4) is 0 Å². The van der Waals surface area contributed by atoms with Gasteiger partial charge in [0.2, 0.25) is 0 Å². The second kappa shape index (κ2) is 9.84. The number of allylic oxidation sites excluding steroid dienone is 2. The number of nitriles is 1. The highest BCUT2D eigenvalue weighted by molar-refractivity contribution is 6.03. The number of fused-ring (bicyclic) bond motifs is 1. The summed E-state index contributed by atoms with van der Waals surface area (Å²) in [6.07, 6.45) is 8.97. The van der Waals surface area contributed by atoms with Gasteiger partial charge in [0.1, 0.15) is 11.5 Å². The number of aromatic nitrogens is 2. The van der Waals surface area contributed by atoms with E-state index in [9.17, 15) is 13.9 Å². The SMILES string of the molecule is C/C=C(/F)C(=NC1CCCC(O)(CC#N)C1)NC(=CCC)c1c[nH]c2ncc(F)cc12. The maximum Gasteiger partial charge on any atom is 0.162 e. The zero-order chi connectivity index (χ0) is 22.4. The quantitative estimate of drug-likeness (QED) is 0.451. The van der Waals surface area contributed by atoms with Gasteiger partial charge < -0.3 is 15.4 Å². The summed E-state index contributed by atoms with van der Waals surface area (Å²) in [5.74, 6) is -0.940. The monoisotopic (exact) mass is 427 g/mol. The molecule has 3 rings (SSSR count). The molecule has 3 N–H and O–H groups in total. The summed E-state index contributed by atoms with van der Waals surface area (Å²) in [5, 5.41) is 23.3. The first-order valence-electron chi connectivity index (χ1n) is 10.5. The summed E-state index contributed by atoms with van der Waals surface area (Å²) in [7, 11) is 0. The zero-order valence-electron chi connectivity index (χ0n) is 17.8. The Balaban J connectivity index is 1.95. The average molecular weight is 427 g/mol.